The van der Waals surface area contributed by atoms with Crippen LogP contribution in [0.25, 0.3) is 0 Å². The fourth-order valence-electron chi connectivity index (χ4n) is 0.951. The predicted molar refractivity (Wildman–Crippen MR) is 70.4 cm³/mol. The minimum absolute atomic E-state index is 1.00. The molecule has 1 aromatic rings. The average Bonchev–Trinajstić information content (AvgIpc) is 2.71. The molecule has 1 heterocycles. The Bertz CT molecular complexity index is 375. The second kappa shape index (κ2) is 6.64. The number of thioether (sulfide) groups is 1. The summed E-state index contributed by atoms with van der Waals surface area (Å²) in [6, 6.07) is 0. The van der Waals surface area contributed by atoms with E-state index in [-0.39, 0.29) is 0 Å². The van der Waals surface area contributed by atoms with E-state index in [4.69, 9.17) is 0 Å². The minimum Gasteiger partial charge on any atom is -0.234 e. The lowest BCUT2D eigenvalue weighted by Gasteiger charge is -1.96. The van der Waals surface area contributed by atoms with Crippen molar-refractivity contribution in [2.45, 2.75) is 24.6 Å². The van der Waals surface area contributed by atoms with Gasteiger partial charge in [-0.2, -0.15) is 0 Å². The second-order valence-corrected chi connectivity index (χ2v) is 5.02. The zero-order chi connectivity index (χ0) is 11.1. The molecule has 0 spiro atoms. The Morgan fingerprint density at radius 3 is 3.00 bits per heavy atom. The van der Waals surface area contributed by atoms with E-state index >= 15 is 0 Å². The zero-order valence-electron chi connectivity index (χ0n) is 9.06. The van der Waals surface area contributed by atoms with Crippen LogP contribution in [0.15, 0.2) is 45.5 Å². The summed E-state index contributed by atoms with van der Waals surface area (Å²) in [5.41, 5.74) is 1.17. The summed E-state index contributed by atoms with van der Waals surface area (Å²) in [7, 11) is 0. The number of thiazole rings is 1. The van der Waals surface area contributed by atoms with E-state index in [1.165, 1.54) is 10.6 Å². The highest BCUT2D eigenvalue weighted by Crippen LogP contribution is 2.30. The number of allylic oxidation sites excluding steroid dienone is 4. The van der Waals surface area contributed by atoms with Crippen molar-refractivity contribution in [3.05, 3.63) is 46.9 Å². The van der Waals surface area contributed by atoms with E-state index < -0.39 is 0 Å². The van der Waals surface area contributed by atoms with Crippen molar-refractivity contribution < 1.29 is 0 Å². The molecule has 0 unspecified atom stereocenters. The van der Waals surface area contributed by atoms with Crippen molar-refractivity contribution in [3.8, 4) is 0 Å². The lowest BCUT2D eigenvalue weighted by Crippen LogP contribution is -1.78. The van der Waals surface area contributed by atoms with Crippen molar-refractivity contribution >= 4 is 23.1 Å². The molecule has 0 aliphatic carbocycles. The van der Waals surface area contributed by atoms with Gasteiger partial charge in [0.25, 0.3) is 0 Å². The van der Waals surface area contributed by atoms with Gasteiger partial charge in [-0.1, -0.05) is 43.5 Å². The zero-order valence-corrected chi connectivity index (χ0v) is 10.7. The van der Waals surface area contributed by atoms with Crippen LogP contribution in [-0.4, -0.2) is 4.98 Å². The van der Waals surface area contributed by atoms with Crippen LogP contribution in [-0.2, 0) is 6.42 Å². The van der Waals surface area contributed by atoms with E-state index in [1.807, 2.05) is 19.1 Å². The maximum atomic E-state index is 4.51. The molecule has 0 amide bonds. The Morgan fingerprint density at radius 2 is 2.47 bits per heavy atom. The van der Waals surface area contributed by atoms with E-state index in [2.05, 4.69) is 29.9 Å². The summed E-state index contributed by atoms with van der Waals surface area (Å²) in [5.74, 6) is 0. The lowest BCUT2D eigenvalue weighted by atomic mass is 10.4. The van der Waals surface area contributed by atoms with Gasteiger partial charge in [0, 0.05) is 10.3 Å². The van der Waals surface area contributed by atoms with E-state index in [0.717, 1.165) is 10.8 Å². The third-order valence-corrected chi connectivity index (χ3v) is 3.87. The molecule has 0 aromatic carbocycles. The molecule has 0 saturated heterocycles. The largest absolute Gasteiger partial charge is 0.234 e. The summed E-state index contributed by atoms with van der Waals surface area (Å²) in [5, 5.41) is 2.12. The minimum atomic E-state index is 1.00. The highest BCUT2D eigenvalue weighted by molar-refractivity contribution is 8.04. The molecular formula is C12H15NS2. The fourth-order valence-corrected chi connectivity index (χ4v) is 2.83. The molecular weight excluding hydrogens is 222 g/mol. The summed E-state index contributed by atoms with van der Waals surface area (Å²) in [4.78, 5) is 5.71. The SMILES string of the molecule is C=C/C=C\C(=C/C)Sc1nc(CC)cs1. The van der Waals surface area contributed by atoms with Gasteiger partial charge in [-0.25, -0.2) is 4.98 Å². The highest BCUT2D eigenvalue weighted by atomic mass is 32.2. The van der Waals surface area contributed by atoms with Crippen molar-refractivity contribution in [1.82, 2.24) is 4.98 Å². The Labute approximate surface area is 99.6 Å². The molecule has 0 atom stereocenters. The number of hydrogen-bond donors (Lipinski definition) is 0. The first kappa shape index (κ1) is 12.3. The number of aryl methyl sites for hydroxylation is 1. The molecule has 15 heavy (non-hydrogen) atoms. The van der Waals surface area contributed by atoms with Crippen LogP contribution in [0.5, 0.6) is 0 Å². The first-order valence-corrected chi connectivity index (χ1v) is 6.57. The topological polar surface area (TPSA) is 12.9 Å². The van der Waals surface area contributed by atoms with E-state index in [0.29, 0.717) is 0 Å². The Morgan fingerprint density at radius 1 is 1.67 bits per heavy atom. The van der Waals surface area contributed by atoms with Crippen molar-refractivity contribution in [2.24, 2.45) is 0 Å². The molecule has 80 valence electrons. The van der Waals surface area contributed by atoms with E-state index in [1.54, 1.807) is 29.2 Å². The first-order chi connectivity index (χ1) is 7.30. The molecule has 0 aliphatic heterocycles. The molecule has 3 heteroatoms. The maximum Gasteiger partial charge on any atom is 0.154 e. The maximum absolute atomic E-state index is 4.51. The normalized spacial score (nSPS) is 12.3. The van der Waals surface area contributed by atoms with Crippen LogP contribution in [0.3, 0.4) is 0 Å². The van der Waals surface area contributed by atoms with Crippen LogP contribution in [0.2, 0.25) is 0 Å². The summed E-state index contributed by atoms with van der Waals surface area (Å²) < 4.78 is 1.11. The van der Waals surface area contributed by atoms with Crippen LogP contribution in [0.1, 0.15) is 19.5 Å². The molecule has 1 aromatic heterocycles. The van der Waals surface area contributed by atoms with Gasteiger partial charge in [0.1, 0.15) is 0 Å². The number of aromatic nitrogens is 1. The Hall–Kier alpha value is -0.800. The standard InChI is InChI=1S/C12H15NS2/c1-4-7-8-11(6-3)15-12-13-10(5-2)9-14-12/h4,6-9H,1,5H2,2-3H3/b8-7-,11-6+. The van der Waals surface area contributed by atoms with Gasteiger partial charge >= 0.3 is 0 Å². The van der Waals surface area contributed by atoms with Crippen LogP contribution < -0.4 is 0 Å². The highest BCUT2D eigenvalue weighted by Gasteiger charge is 2.02. The summed E-state index contributed by atoms with van der Waals surface area (Å²) >= 11 is 3.40. The average molecular weight is 237 g/mol. The molecule has 0 fully saturated rings. The third kappa shape index (κ3) is 4.06. The number of rotatable bonds is 5. The molecule has 0 radical (unpaired) electrons. The first-order valence-electron chi connectivity index (χ1n) is 4.87. The van der Waals surface area contributed by atoms with Gasteiger partial charge in [-0.05, 0) is 19.4 Å². The monoisotopic (exact) mass is 237 g/mol. The van der Waals surface area contributed by atoms with Gasteiger partial charge in [0.05, 0.1) is 5.69 Å². The smallest absolute Gasteiger partial charge is 0.154 e. The summed E-state index contributed by atoms with van der Waals surface area (Å²) in [6.45, 7) is 7.81. The van der Waals surface area contributed by atoms with Gasteiger partial charge in [0.2, 0.25) is 0 Å². The van der Waals surface area contributed by atoms with Crippen molar-refractivity contribution in [2.75, 3.05) is 0 Å². The van der Waals surface area contributed by atoms with Crippen LogP contribution in [0.4, 0.5) is 0 Å². The van der Waals surface area contributed by atoms with Crippen molar-refractivity contribution in [3.63, 3.8) is 0 Å². The molecule has 1 nitrogen and oxygen atoms in total. The third-order valence-electron chi connectivity index (χ3n) is 1.78. The molecule has 0 saturated carbocycles. The number of hydrogen-bond acceptors (Lipinski definition) is 3. The Kier molecular flexibility index (Phi) is 5.43. The fraction of sp³-hybridized carbons (Fsp3) is 0.250. The van der Waals surface area contributed by atoms with E-state index in [9.17, 15) is 0 Å². The van der Waals surface area contributed by atoms with Gasteiger partial charge in [0.15, 0.2) is 4.34 Å². The molecule has 1 rings (SSSR count). The van der Waals surface area contributed by atoms with Gasteiger partial charge < -0.3 is 0 Å². The molecule has 0 bridgehead atoms. The van der Waals surface area contributed by atoms with Crippen LogP contribution in [0, 0.1) is 0 Å². The lowest BCUT2D eigenvalue weighted by molar-refractivity contribution is 1.03. The summed E-state index contributed by atoms with van der Waals surface area (Å²) in [6.07, 6.45) is 8.85. The van der Waals surface area contributed by atoms with Gasteiger partial charge in [-0.3, -0.25) is 0 Å². The Balaban J connectivity index is 2.67. The quantitative estimate of drug-likeness (QED) is 0.554. The van der Waals surface area contributed by atoms with Crippen LogP contribution >= 0.6 is 23.1 Å². The molecule has 0 N–H and O–H groups in total. The second-order valence-electron chi connectivity index (χ2n) is 2.85. The molecule has 0 aliphatic rings. The number of nitrogens with zero attached hydrogens (tertiary/aromatic N) is 1. The van der Waals surface area contributed by atoms with Gasteiger partial charge in [-0.15, -0.1) is 11.3 Å². The van der Waals surface area contributed by atoms with Crippen molar-refractivity contribution in [1.29, 1.82) is 0 Å². The predicted octanol–water partition coefficient (Wildman–Crippen LogP) is 4.44.